The Labute approximate surface area is 185 Å². The molecule has 0 bridgehead atoms. The van der Waals surface area contributed by atoms with Gasteiger partial charge in [0, 0.05) is 48.7 Å². The first-order valence-corrected chi connectivity index (χ1v) is 11.7. The zero-order valence-electron chi connectivity index (χ0n) is 17.5. The highest BCUT2D eigenvalue weighted by atomic mass is 32.1. The van der Waals surface area contributed by atoms with E-state index in [-0.39, 0.29) is 18.0 Å². The molecular formula is C22H27N5O3S. The van der Waals surface area contributed by atoms with Gasteiger partial charge in [0.25, 0.3) is 0 Å². The summed E-state index contributed by atoms with van der Waals surface area (Å²) < 4.78 is 5.40. The van der Waals surface area contributed by atoms with Crippen molar-refractivity contribution in [3.8, 4) is 11.3 Å². The van der Waals surface area contributed by atoms with Crippen molar-refractivity contribution in [1.29, 1.82) is 0 Å². The van der Waals surface area contributed by atoms with E-state index in [9.17, 15) is 9.59 Å². The molecule has 2 aromatic rings. The first-order valence-electron chi connectivity index (χ1n) is 10.8. The maximum absolute atomic E-state index is 12.4. The number of rotatable bonds is 5. The Morgan fingerprint density at radius 1 is 1.23 bits per heavy atom. The molecule has 2 saturated heterocycles. The third-order valence-corrected chi connectivity index (χ3v) is 7.07. The number of anilines is 2. The van der Waals surface area contributed by atoms with Crippen molar-refractivity contribution < 1.29 is 14.3 Å². The number of ether oxygens (including phenoxy) is 1. The second kappa shape index (κ2) is 8.47. The van der Waals surface area contributed by atoms with Gasteiger partial charge in [-0.3, -0.25) is 4.79 Å². The van der Waals surface area contributed by atoms with Crippen LogP contribution in [-0.4, -0.2) is 66.8 Å². The van der Waals surface area contributed by atoms with Crippen LogP contribution in [0.15, 0.2) is 29.6 Å². The van der Waals surface area contributed by atoms with Crippen LogP contribution in [0.3, 0.4) is 0 Å². The first kappa shape index (κ1) is 20.3. The van der Waals surface area contributed by atoms with E-state index in [0.29, 0.717) is 30.6 Å². The molecule has 1 aromatic heterocycles. The summed E-state index contributed by atoms with van der Waals surface area (Å²) in [5.74, 6) is 0.724. The molecule has 2 N–H and O–H groups in total. The molecule has 3 fully saturated rings. The summed E-state index contributed by atoms with van der Waals surface area (Å²) in [7, 11) is 0. The molecule has 5 rings (SSSR count). The molecule has 8 nitrogen and oxygen atoms in total. The highest BCUT2D eigenvalue weighted by Gasteiger charge is 2.44. The van der Waals surface area contributed by atoms with E-state index in [1.54, 1.807) is 11.3 Å². The summed E-state index contributed by atoms with van der Waals surface area (Å²) in [5, 5.41) is 8.87. The largest absolute Gasteiger partial charge is 0.378 e. The van der Waals surface area contributed by atoms with Crippen LogP contribution >= 0.6 is 11.3 Å². The molecule has 3 amide bonds. The zero-order valence-corrected chi connectivity index (χ0v) is 18.4. The number of benzene rings is 1. The molecule has 1 aliphatic carbocycles. The molecule has 3 atom stereocenters. The molecule has 0 spiro atoms. The maximum Gasteiger partial charge on any atom is 0.319 e. The van der Waals surface area contributed by atoms with Crippen LogP contribution in [0.1, 0.15) is 19.8 Å². The van der Waals surface area contributed by atoms with Gasteiger partial charge in [0.1, 0.15) is 0 Å². The van der Waals surface area contributed by atoms with Crippen LogP contribution < -0.4 is 15.5 Å². The van der Waals surface area contributed by atoms with Crippen molar-refractivity contribution in [2.45, 2.75) is 31.8 Å². The van der Waals surface area contributed by atoms with E-state index in [2.05, 4.69) is 27.8 Å². The lowest BCUT2D eigenvalue weighted by Gasteiger charge is -2.26. The topological polar surface area (TPSA) is 86.8 Å². The summed E-state index contributed by atoms with van der Waals surface area (Å²) in [6, 6.07) is 7.63. The Morgan fingerprint density at radius 3 is 2.68 bits per heavy atom. The fraction of sp³-hybridized carbons (Fsp3) is 0.500. The maximum atomic E-state index is 12.4. The first-order chi connectivity index (χ1) is 15.1. The van der Waals surface area contributed by atoms with Crippen molar-refractivity contribution in [1.82, 2.24) is 15.2 Å². The molecule has 2 aliphatic heterocycles. The zero-order chi connectivity index (χ0) is 21.4. The van der Waals surface area contributed by atoms with Crippen LogP contribution in [0.4, 0.5) is 15.6 Å². The standard InChI is InChI=1S/C22H27N5O3S/c1-14-10-19(14)27-12-17(11-20(27)28)24-21(29)23-16-4-2-15(3-5-16)18-13-31-22(25-18)26-6-8-30-9-7-26/h2-5,13-14,17,19H,6-12H2,1H3,(H2,23,24,29). The van der Waals surface area contributed by atoms with Crippen LogP contribution in [0.5, 0.6) is 0 Å². The van der Waals surface area contributed by atoms with E-state index in [4.69, 9.17) is 9.72 Å². The van der Waals surface area contributed by atoms with Gasteiger partial charge in [0.05, 0.1) is 24.9 Å². The third-order valence-electron chi connectivity index (χ3n) is 6.17. The minimum atomic E-state index is -0.278. The van der Waals surface area contributed by atoms with Crippen molar-refractivity contribution >= 4 is 34.1 Å². The van der Waals surface area contributed by atoms with Gasteiger partial charge in [-0.05, 0) is 24.5 Å². The lowest BCUT2D eigenvalue weighted by molar-refractivity contribution is -0.128. The van der Waals surface area contributed by atoms with E-state index in [1.807, 2.05) is 29.2 Å². The molecule has 3 aliphatic rings. The number of amides is 3. The SMILES string of the molecule is CC1CC1N1CC(NC(=O)Nc2ccc(-c3csc(N4CCOCC4)n3)cc2)CC1=O. The number of nitrogens with zero attached hydrogens (tertiary/aromatic N) is 3. The van der Waals surface area contributed by atoms with E-state index >= 15 is 0 Å². The minimum Gasteiger partial charge on any atom is -0.378 e. The summed E-state index contributed by atoms with van der Waals surface area (Å²) in [5.41, 5.74) is 2.65. The predicted molar refractivity (Wildman–Crippen MR) is 120 cm³/mol. The number of carbonyl (C=O) groups is 2. The fourth-order valence-corrected chi connectivity index (χ4v) is 5.15. The Bertz CT molecular complexity index is 956. The lowest BCUT2D eigenvalue weighted by Crippen LogP contribution is -2.40. The Morgan fingerprint density at radius 2 is 1.97 bits per heavy atom. The normalized spacial score (nSPS) is 25.6. The van der Waals surface area contributed by atoms with Crippen LogP contribution in [0, 0.1) is 5.92 Å². The number of thiazole rings is 1. The van der Waals surface area contributed by atoms with Gasteiger partial charge < -0.3 is 25.2 Å². The summed E-state index contributed by atoms with van der Waals surface area (Å²) in [6.45, 7) is 5.98. The predicted octanol–water partition coefficient (Wildman–Crippen LogP) is 2.78. The molecule has 1 saturated carbocycles. The van der Waals surface area contributed by atoms with Crippen molar-refractivity contribution in [2.24, 2.45) is 5.92 Å². The average molecular weight is 442 g/mol. The summed E-state index contributed by atoms with van der Waals surface area (Å²) >= 11 is 1.64. The van der Waals surface area contributed by atoms with Gasteiger partial charge in [-0.1, -0.05) is 19.1 Å². The molecule has 3 unspecified atom stereocenters. The number of urea groups is 1. The molecule has 0 radical (unpaired) electrons. The Balaban J connectivity index is 1.15. The van der Waals surface area contributed by atoms with E-state index < -0.39 is 0 Å². The van der Waals surface area contributed by atoms with Crippen molar-refractivity contribution in [2.75, 3.05) is 43.1 Å². The average Bonchev–Trinajstić information content (AvgIpc) is 3.14. The number of carbonyl (C=O) groups excluding carboxylic acids is 2. The third kappa shape index (κ3) is 4.52. The fourth-order valence-electron chi connectivity index (χ4n) is 4.26. The Kier molecular flexibility index (Phi) is 5.54. The number of likely N-dealkylation sites (tertiary alicyclic amines) is 1. The van der Waals surface area contributed by atoms with Gasteiger partial charge in [0.15, 0.2) is 5.13 Å². The molecule has 1 aromatic carbocycles. The Hall–Kier alpha value is -2.65. The van der Waals surface area contributed by atoms with Crippen LogP contribution in [0.2, 0.25) is 0 Å². The second-order valence-corrected chi connectivity index (χ2v) is 9.35. The number of hydrogen-bond donors (Lipinski definition) is 2. The number of nitrogens with one attached hydrogen (secondary N) is 2. The molecule has 9 heteroatoms. The van der Waals surface area contributed by atoms with Crippen LogP contribution in [0.25, 0.3) is 11.3 Å². The second-order valence-electron chi connectivity index (χ2n) is 8.52. The lowest BCUT2D eigenvalue weighted by atomic mass is 10.1. The number of hydrogen-bond acceptors (Lipinski definition) is 6. The van der Waals surface area contributed by atoms with E-state index in [1.165, 1.54) is 0 Å². The molecule has 3 heterocycles. The molecular weight excluding hydrogens is 414 g/mol. The number of aromatic nitrogens is 1. The molecule has 164 valence electrons. The van der Waals surface area contributed by atoms with Crippen LogP contribution in [-0.2, 0) is 9.53 Å². The van der Waals surface area contributed by atoms with Gasteiger partial charge in [-0.2, -0.15) is 0 Å². The summed E-state index contributed by atoms with van der Waals surface area (Å²) in [6.07, 6.45) is 1.45. The minimum absolute atomic E-state index is 0.131. The van der Waals surface area contributed by atoms with Crippen molar-refractivity contribution in [3.63, 3.8) is 0 Å². The highest BCUT2D eigenvalue weighted by molar-refractivity contribution is 7.14. The smallest absolute Gasteiger partial charge is 0.319 e. The van der Waals surface area contributed by atoms with Gasteiger partial charge in [-0.15, -0.1) is 11.3 Å². The monoisotopic (exact) mass is 441 g/mol. The van der Waals surface area contributed by atoms with Gasteiger partial charge in [-0.25, -0.2) is 9.78 Å². The van der Waals surface area contributed by atoms with Crippen molar-refractivity contribution in [3.05, 3.63) is 29.6 Å². The highest BCUT2D eigenvalue weighted by Crippen LogP contribution is 2.37. The van der Waals surface area contributed by atoms with E-state index in [0.717, 1.165) is 49.1 Å². The van der Waals surface area contributed by atoms with Gasteiger partial charge in [0.2, 0.25) is 5.91 Å². The number of morpholine rings is 1. The molecule has 31 heavy (non-hydrogen) atoms. The summed E-state index contributed by atoms with van der Waals surface area (Å²) in [4.78, 5) is 33.5. The quantitative estimate of drug-likeness (QED) is 0.745. The van der Waals surface area contributed by atoms with Gasteiger partial charge >= 0.3 is 6.03 Å².